The number of ether oxygens (including phenoxy) is 1. The Morgan fingerprint density at radius 1 is 1.24 bits per heavy atom. The van der Waals surface area contributed by atoms with E-state index in [4.69, 9.17) is 16.3 Å². The van der Waals surface area contributed by atoms with Gasteiger partial charge in [0.1, 0.15) is 0 Å². The molecule has 2 rings (SSSR count). The molecule has 1 aromatic rings. The molecule has 2 unspecified atom stereocenters. The van der Waals surface area contributed by atoms with Crippen molar-refractivity contribution in [2.45, 2.75) is 32.6 Å². The zero-order chi connectivity index (χ0) is 15.4. The second kappa shape index (κ2) is 6.91. The zero-order valence-electron chi connectivity index (χ0n) is 12.1. The lowest BCUT2D eigenvalue weighted by Gasteiger charge is -2.34. The van der Waals surface area contributed by atoms with Gasteiger partial charge in [0.2, 0.25) is 0 Å². The maximum atomic E-state index is 12.1. The minimum absolute atomic E-state index is 0.0539. The summed E-state index contributed by atoms with van der Waals surface area (Å²) in [4.78, 5) is 25.6. The summed E-state index contributed by atoms with van der Waals surface area (Å²) in [6, 6.07) is 7.12. The van der Waals surface area contributed by atoms with Crippen molar-refractivity contribution in [3.8, 4) is 0 Å². The van der Waals surface area contributed by atoms with E-state index in [1.165, 1.54) is 4.90 Å². The molecule has 0 aromatic heterocycles. The first-order chi connectivity index (χ1) is 9.95. The molecule has 2 amide bonds. The predicted octanol–water partition coefficient (Wildman–Crippen LogP) is 1.59. The molecule has 2 atom stereocenters. The molecule has 1 saturated heterocycles. The Balaban J connectivity index is 1.87. The lowest BCUT2D eigenvalue weighted by atomic mass is 10.2. The maximum absolute atomic E-state index is 12.1. The highest BCUT2D eigenvalue weighted by atomic mass is 35.5. The van der Waals surface area contributed by atoms with E-state index in [1.807, 2.05) is 26.0 Å². The van der Waals surface area contributed by atoms with Crippen molar-refractivity contribution < 1.29 is 14.3 Å². The predicted molar refractivity (Wildman–Crippen MR) is 79.9 cm³/mol. The van der Waals surface area contributed by atoms with E-state index >= 15 is 0 Å². The molecular weight excluding hydrogens is 292 g/mol. The Hall–Kier alpha value is -1.59. The first-order valence-electron chi connectivity index (χ1n) is 6.92. The molecule has 1 aliphatic heterocycles. The van der Waals surface area contributed by atoms with Crippen LogP contribution in [0.5, 0.6) is 0 Å². The van der Waals surface area contributed by atoms with Gasteiger partial charge >= 0.3 is 11.8 Å². The summed E-state index contributed by atoms with van der Waals surface area (Å²) in [7, 11) is 0. The summed E-state index contributed by atoms with van der Waals surface area (Å²) in [5.41, 5.74) is 0.893. The number of rotatable bonds is 2. The molecule has 21 heavy (non-hydrogen) atoms. The van der Waals surface area contributed by atoms with Gasteiger partial charge in [-0.1, -0.05) is 23.7 Å². The minimum Gasteiger partial charge on any atom is -0.372 e. The second-order valence-electron chi connectivity index (χ2n) is 5.28. The van der Waals surface area contributed by atoms with Crippen LogP contribution < -0.4 is 5.32 Å². The Kier molecular flexibility index (Phi) is 5.20. The number of hydrogen-bond acceptors (Lipinski definition) is 3. The van der Waals surface area contributed by atoms with Crippen LogP contribution in [0.4, 0.5) is 0 Å². The van der Waals surface area contributed by atoms with Crippen LogP contribution in [0, 0.1) is 0 Å². The van der Waals surface area contributed by atoms with Gasteiger partial charge in [-0.05, 0) is 31.5 Å². The fourth-order valence-corrected chi connectivity index (χ4v) is 2.47. The highest BCUT2D eigenvalue weighted by Crippen LogP contribution is 2.11. The molecule has 5 nitrogen and oxygen atoms in total. The fraction of sp³-hybridized carbons (Fsp3) is 0.467. The van der Waals surface area contributed by atoms with Gasteiger partial charge in [0.15, 0.2) is 0 Å². The number of morpholine rings is 1. The zero-order valence-corrected chi connectivity index (χ0v) is 12.9. The molecule has 1 aromatic carbocycles. The first kappa shape index (κ1) is 15.8. The quantitative estimate of drug-likeness (QED) is 0.844. The van der Waals surface area contributed by atoms with E-state index < -0.39 is 11.8 Å². The summed E-state index contributed by atoms with van der Waals surface area (Å²) in [6.07, 6.45) is -0.108. The van der Waals surface area contributed by atoms with Crippen LogP contribution in [0.15, 0.2) is 24.3 Å². The van der Waals surface area contributed by atoms with Crippen LogP contribution in [0.3, 0.4) is 0 Å². The normalized spacial score (nSPS) is 22.0. The van der Waals surface area contributed by atoms with Gasteiger partial charge in [-0.15, -0.1) is 0 Å². The molecule has 114 valence electrons. The second-order valence-corrected chi connectivity index (χ2v) is 5.71. The van der Waals surface area contributed by atoms with Crippen LogP contribution >= 0.6 is 11.6 Å². The van der Waals surface area contributed by atoms with Crippen molar-refractivity contribution in [1.29, 1.82) is 0 Å². The van der Waals surface area contributed by atoms with Gasteiger partial charge in [-0.2, -0.15) is 0 Å². The lowest BCUT2D eigenvalue weighted by molar-refractivity contribution is -0.153. The molecule has 6 heteroatoms. The number of carbonyl (C=O) groups excluding carboxylic acids is 2. The number of nitrogens with zero attached hydrogens (tertiary/aromatic N) is 1. The molecule has 0 spiro atoms. The Bertz CT molecular complexity index is 508. The summed E-state index contributed by atoms with van der Waals surface area (Å²) in [5, 5.41) is 3.27. The molecule has 1 heterocycles. The maximum Gasteiger partial charge on any atom is 0.312 e. The van der Waals surface area contributed by atoms with Crippen LogP contribution in [-0.4, -0.2) is 42.0 Å². The van der Waals surface area contributed by atoms with E-state index in [1.54, 1.807) is 12.1 Å². The monoisotopic (exact) mass is 310 g/mol. The SMILES string of the molecule is CC1CN(C(=O)C(=O)NCc2ccc(Cl)cc2)CC(C)O1. The molecule has 1 aliphatic rings. The minimum atomic E-state index is -0.591. The number of benzene rings is 1. The number of amides is 2. The first-order valence-corrected chi connectivity index (χ1v) is 7.30. The molecule has 0 saturated carbocycles. The van der Waals surface area contributed by atoms with Crippen molar-refractivity contribution in [3.05, 3.63) is 34.9 Å². The van der Waals surface area contributed by atoms with Crippen molar-refractivity contribution in [2.24, 2.45) is 0 Å². The average Bonchev–Trinajstić information content (AvgIpc) is 2.44. The van der Waals surface area contributed by atoms with Crippen molar-refractivity contribution in [2.75, 3.05) is 13.1 Å². The molecule has 0 radical (unpaired) electrons. The van der Waals surface area contributed by atoms with Gasteiger partial charge in [0, 0.05) is 24.7 Å². The van der Waals surface area contributed by atoms with Crippen molar-refractivity contribution in [3.63, 3.8) is 0 Å². The average molecular weight is 311 g/mol. The van der Waals surface area contributed by atoms with Crippen molar-refractivity contribution in [1.82, 2.24) is 10.2 Å². The standard InChI is InChI=1S/C15H19ClN2O3/c1-10-8-18(9-11(2)21-10)15(20)14(19)17-7-12-3-5-13(16)6-4-12/h3-6,10-11H,7-9H2,1-2H3,(H,17,19). The third-order valence-corrected chi connectivity index (χ3v) is 3.52. The molecule has 0 bridgehead atoms. The Morgan fingerprint density at radius 2 is 1.81 bits per heavy atom. The van der Waals surface area contributed by atoms with Gasteiger partial charge in [0.05, 0.1) is 12.2 Å². The van der Waals surface area contributed by atoms with Gasteiger partial charge in [-0.25, -0.2) is 0 Å². The van der Waals surface area contributed by atoms with Crippen molar-refractivity contribution >= 4 is 23.4 Å². The smallest absolute Gasteiger partial charge is 0.312 e. The fourth-order valence-electron chi connectivity index (χ4n) is 2.35. The largest absolute Gasteiger partial charge is 0.372 e. The third kappa shape index (κ3) is 4.44. The van der Waals surface area contributed by atoms with Crippen LogP contribution in [0.2, 0.25) is 5.02 Å². The van der Waals surface area contributed by atoms with Gasteiger partial charge in [0.25, 0.3) is 0 Å². The Labute approximate surface area is 129 Å². The third-order valence-electron chi connectivity index (χ3n) is 3.27. The number of hydrogen-bond donors (Lipinski definition) is 1. The molecular formula is C15H19ClN2O3. The number of halogens is 1. The number of carbonyl (C=O) groups is 2. The molecule has 1 fully saturated rings. The molecule has 0 aliphatic carbocycles. The summed E-state index contributed by atoms with van der Waals surface area (Å²) < 4.78 is 5.55. The Morgan fingerprint density at radius 3 is 2.38 bits per heavy atom. The van der Waals surface area contributed by atoms with E-state index in [0.29, 0.717) is 24.7 Å². The summed E-state index contributed by atoms with van der Waals surface area (Å²) in [6.45, 7) is 4.97. The van der Waals surface area contributed by atoms with Crippen LogP contribution in [0.25, 0.3) is 0 Å². The lowest BCUT2D eigenvalue weighted by Crippen LogP contribution is -2.52. The van der Waals surface area contributed by atoms with E-state index in [2.05, 4.69) is 5.32 Å². The summed E-state index contributed by atoms with van der Waals surface area (Å²) >= 11 is 5.79. The highest BCUT2D eigenvalue weighted by molar-refractivity contribution is 6.35. The van der Waals surface area contributed by atoms with E-state index in [-0.39, 0.29) is 12.2 Å². The van der Waals surface area contributed by atoms with Crippen LogP contribution in [-0.2, 0) is 20.9 Å². The topological polar surface area (TPSA) is 58.6 Å². The van der Waals surface area contributed by atoms with Gasteiger partial charge in [-0.3, -0.25) is 9.59 Å². The van der Waals surface area contributed by atoms with E-state index in [0.717, 1.165) is 5.56 Å². The van der Waals surface area contributed by atoms with E-state index in [9.17, 15) is 9.59 Å². The van der Waals surface area contributed by atoms with Crippen LogP contribution in [0.1, 0.15) is 19.4 Å². The van der Waals surface area contributed by atoms with Gasteiger partial charge < -0.3 is 15.0 Å². The summed E-state index contributed by atoms with van der Waals surface area (Å²) in [5.74, 6) is -1.10. The number of nitrogens with one attached hydrogen (secondary N) is 1. The highest BCUT2D eigenvalue weighted by Gasteiger charge is 2.29. The molecule has 1 N–H and O–H groups in total.